The summed E-state index contributed by atoms with van der Waals surface area (Å²) in [4.78, 5) is 21.7. The number of ether oxygens (including phenoxy) is 2. The molecule has 1 fully saturated rings. The zero-order valence-corrected chi connectivity index (χ0v) is 16.1. The number of carbonyl (C=O) groups excluding carboxylic acids is 1. The predicted octanol–water partition coefficient (Wildman–Crippen LogP) is 3.54. The molecule has 6 nitrogen and oxygen atoms in total. The van der Waals surface area contributed by atoms with Gasteiger partial charge in [0.2, 0.25) is 5.82 Å². The van der Waals surface area contributed by atoms with Crippen LogP contribution in [0.3, 0.4) is 0 Å². The van der Waals surface area contributed by atoms with Gasteiger partial charge >= 0.3 is 0 Å². The van der Waals surface area contributed by atoms with E-state index in [0.29, 0.717) is 47.4 Å². The van der Waals surface area contributed by atoms with Gasteiger partial charge in [-0.1, -0.05) is 30.1 Å². The van der Waals surface area contributed by atoms with Gasteiger partial charge < -0.3 is 14.4 Å². The number of halogens is 3. The van der Waals surface area contributed by atoms with Crippen molar-refractivity contribution in [1.82, 2.24) is 14.9 Å². The highest BCUT2D eigenvalue weighted by atomic mass is 35.5. The first-order chi connectivity index (χ1) is 13.0. The van der Waals surface area contributed by atoms with Gasteiger partial charge in [-0.2, -0.15) is 9.37 Å². The Balaban J connectivity index is 1.54. The summed E-state index contributed by atoms with van der Waals surface area (Å²) in [6.45, 7) is 2.48. The van der Waals surface area contributed by atoms with Gasteiger partial charge in [0, 0.05) is 18.0 Å². The molecule has 0 N–H and O–H groups in total. The number of aromatic nitrogens is 2. The largest absolute Gasteiger partial charge is 0.482 e. The number of hydrogen-bond donors (Lipinski definition) is 0. The number of amides is 1. The van der Waals surface area contributed by atoms with Gasteiger partial charge in [0.05, 0.1) is 17.3 Å². The molecule has 1 aliphatic rings. The maximum absolute atomic E-state index is 14.2. The molecule has 1 amide bonds. The molecule has 1 unspecified atom stereocenters. The van der Waals surface area contributed by atoms with Crippen molar-refractivity contribution in [3.05, 3.63) is 46.1 Å². The third-order valence-electron chi connectivity index (χ3n) is 4.19. The fraction of sp³-hybridized carbons (Fsp3) is 0.389. The van der Waals surface area contributed by atoms with Crippen molar-refractivity contribution < 1.29 is 18.7 Å². The fourth-order valence-electron chi connectivity index (χ4n) is 2.75. The van der Waals surface area contributed by atoms with E-state index in [4.69, 9.17) is 32.7 Å². The SMILES string of the molecule is CCc1ncnc(OC2CCN(C(=O)COc3ccc(Cl)cc3Cl)C2)c1F. The van der Waals surface area contributed by atoms with Crippen LogP contribution < -0.4 is 9.47 Å². The predicted molar refractivity (Wildman–Crippen MR) is 98.9 cm³/mol. The van der Waals surface area contributed by atoms with E-state index in [1.54, 1.807) is 30.0 Å². The zero-order valence-electron chi connectivity index (χ0n) is 14.6. The summed E-state index contributed by atoms with van der Waals surface area (Å²) in [5, 5.41) is 0.824. The molecule has 144 valence electrons. The van der Waals surface area contributed by atoms with Gasteiger partial charge in [-0.3, -0.25) is 4.79 Å². The van der Waals surface area contributed by atoms with E-state index >= 15 is 0 Å². The topological polar surface area (TPSA) is 64.6 Å². The molecule has 0 bridgehead atoms. The molecule has 9 heteroatoms. The first kappa shape index (κ1) is 19.6. The molecule has 1 aromatic carbocycles. The maximum atomic E-state index is 14.2. The minimum Gasteiger partial charge on any atom is -0.482 e. The van der Waals surface area contributed by atoms with Gasteiger partial charge in [0.15, 0.2) is 6.61 Å². The zero-order chi connectivity index (χ0) is 19.4. The molecule has 2 aromatic rings. The number of hydrogen-bond acceptors (Lipinski definition) is 5. The van der Waals surface area contributed by atoms with Crippen molar-refractivity contribution in [2.24, 2.45) is 0 Å². The molecule has 1 saturated heterocycles. The third-order valence-corrected chi connectivity index (χ3v) is 4.72. The first-order valence-corrected chi connectivity index (χ1v) is 9.25. The summed E-state index contributed by atoms with van der Waals surface area (Å²) in [6, 6.07) is 4.79. The quantitative estimate of drug-likeness (QED) is 0.724. The molecule has 2 heterocycles. The second-order valence-corrected chi connectivity index (χ2v) is 6.87. The van der Waals surface area contributed by atoms with Crippen LogP contribution in [0.4, 0.5) is 4.39 Å². The number of benzene rings is 1. The van der Waals surface area contributed by atoms with Crippen molar-refractivity contribution in [2.45, 2.75) is 25.9 Å². The number of carbonyl (C=O) groups is 1. The van der Waals surface area contributed by atoms with E-state index < -0.39 is 5.82 Å². The van der Waals surface area contributed by atoms with Crippen LogP contribution >= 0.6 is 23.2 Å². The Hall–Kier alpha value is -2.12. The molecular weight excluding hydrogens is 396 g/mol. The van der Waals surface area contributed by atoms with E-state index in [1.165, 1.54) is 6.33 Å². The van der Waals surface area contributed by atoms with Crippen LogP contribution in [0.15, 0.2) is 24.5 Å². The highest BCUT2D eigenvalue weighted by molar-refractivity contribution is 6.35. The maximum Gasteiger partial charge on any atom is 0.260 e. The average Bonchev–Trinajstić information content (AvgIpc) is 3.11. The van der Waals surface area contributed by atoms with Crippen LogP contribution in [-0.4, -0.2) is 46.6 Å². The Morgan fingerprint density at radius 2 is 2.19 bits per heavy atom. The smallest absolute Gasteiger partial charge is 0.260 e. The summed E-state index contributed by atoms with van der Waals surface area (Å²) >= 11 is 11.9. The highest BCUT2D eigenvalue weighted by Crippen LogP contribution is 2.27. The van der Waals surface area contributed by atoms with Crippen molar-refractivity contribution in [2.75, 3.05) is 19.7 Å². The van der Waals surface area contributed by atoms with Crippen LogP contribution in [0.2, 0.25) is 10.0 Å². The second-order valence-electron chi connectivity index (χ2n) is 6.02. The van der Waals surface area contributed by atoms with Crippen LogP contribution in [0, 0.1) is 5.82 Å². The van der Waals surface area contributed by atoms with Gasteiger partial charge in [-0.15, -0.1) is 0 Å². The van der Waals surface area contributed by atoms with Gasteiger partial charge in [0.25, 0.3) is 11.8 Å². The van der Waals surface area contributed by atoms with Crippen molar-refractivity contribution in [1.29, 1.82) is 0 Å². The van der Waals surface area contributed by atoms with E-state index in [0.717, 1.165) is 0 Å². The Morgan fingerprint density at radius 3 is 2.93 bits per heavy atom. The van der Waals surface area contributed by atoms with Crippen molar-refractivity contribution in [3.63, 3.8) is 0 Å². The van der Waals surface area contributed by atoms with Crippen LogP contribution in [0.25, 0.3) is 0 Å². The summed E-state index contributed by atoms with van der Waals surface area (Å²) in [7, 11) is 0. The van der Waals surface area contributed by atoms with Gasteiger partial charge in [-0.25, -0.2) is 4.98 Å². The first-order valence-electron chi connectivity index (χ1n) is 8.49. The lowest BCUT2D eigenvalue weighted by Crippen LogP contribution is -2.34. The molecule has 0 spiro atoms. The second kappa shape index (κ2) is 8.71. The summed E-state index contributed by atoms with van der Waals surface area (Å²) in [6.07, 6.45) is 1.98. The molecule has 3 rings (SSSR count). The standard InChI is InChI=1S/C18H18Cl2FN3O3/c1-2-14-17(21)18(23-10-22-14)27-12-5-6-24(8-12)16(25)9-26-15-4-3-11(19)7-13(15)20/h3-4,7,10,12H,2,5-6,8-9H2,1H3. The summed E-state index contributed by atoms with van der Waals surface area (Å²) in [5.74, 6) is -0.447. The number of aryl methyl sites for hydroxylation is 1. The Labute approximate surface area is 166 Å². The Kier molecular flexibility index (Phi) is 6.34. The highest BCUT2D eigenvalue weighted by Gasteiger charge is 2.29. The van der Waals surface area contributed by atoms with E-state index in [9.17, 15) is 9.18 Å². The normalized spacial score (nSPS) is 16.4. The molecule has 27 heavy (non-hydrogen) atoms. The van der Waals surface area contributed by atoms with Crippen LogP contribution in [0.5, 0.6) is 11.6 Å². The van der Waals surface area contributed by atoms with Crippen molar-refractivity contribution in [3.8, 4) is 11.6 Å². The third kappa shape index (κ3) is 4.78. The minimum absolute atomic E-state index is 0.0784. The number of rotatable bonds is 6. The van der Waals surface area contributed by atoms with Crippen molar-refractivity contribution >= 4 is 29.1 Å². The summed E-state index contributed by atoms with van der Waals surface area (Å²) in [5.41, 5.74) is 0.305. The lowest BCUT2D eigenvalue weighted by molar-refractivity contribution is -0.132. The number of likely N-dealkylation sites (tertiary alicyclic amines) is 1. The van der Waals surface area contributed by atoms with Gasteiger partial charge in [-0.05, 0) is 24.6 Å². The molecule has 0 aliphatic carbocycles. The Bertz CT molecular complexity index is 837. The van der Waals surface area contributed by atoms with E-state index in [2.05, 4.69) is 9.97 Å². The van der Waals surface area contributed by atoms with Gasteiger partial charge in [0.1, 0.15) is 18.2 Å². The minimum atomic E-state index is -0.550. The molecule has 1 aliphatic heterocycles. The fourth-order valence-corrected chi connectivity index (χ4v) is 3.21. The monoisotopic (exact) mass is 413 g/mol. The molecule has 1 atom stereocenters. The van der Waals surface area contributed by atoms with Crippen LogP contribution in [-0.2, 0) is 11.2 Å². The lowest BCUT2D eigenvalue weighted by Gasteiger charge is -2.18. The average molecular weight is 414 g/mol. The lowest BCUT2D eigenvalue weighted by atomic mass is 10.3. The van der Waals surface area contributed by atoms with Crippen LogP contribution in [0.1, 0.15) is 19.0 Å². The molecule has 0 saturated carbocycles. The number of nitrogens with zero attached hydrogens (tertiary/aromatic N) is 3. The summed E-state index contributed by atoms with van der Waals surface area (Å²) < 4.78 is 25.3. The van der Waals surface area contributed by atoms with E-state index in [-0.39, 0.29) is 24.5 Å². The molecular formula is C18H18Cl2FN3O3. The Morgan fingerprint density at radius 1 is 1.37 bits per heavy atom. The molecule has 0 radical (unpaired) electrons. The molecule has 1 aromatic heterocycles. The van der Waals surface area contributed by atoms with E-state index in [1.807, 2.05) is 0 Å².